The van der Waals surface area contributed by atoms with Gasteiger partial charge >= 0.3 is 5.97 Å². The molecule has 5 nitrogen and oxygen atoms in total. The zero-order chi connectivity index (χ0) is 11.3. The van der Waals surface area contributed by atoms with Crippen molar-refractivity contribution in [2.75, 3.05) is 5.32 Å². The van der Waals surface area contributed by atoms with Gasteiger partial charge in [0.25, 0.3) is 0 Å². The fourth-order valence-corrected chi connectivity index (χ4v) is 1.28. The topological polar surface area (TPSA) is 75.1 Å². The first-order valence-electron chi connectivity index (χ1n) is 4.60. The second kappa shape index (κ2) is 5.50. The molecule has 82 valence electrons. The van der Waals surface area contributed by atoms with Crippen LogP contribution < -0.4 is 5.32 Å². The molecule has 0 amide bonds. The minimum absolute atomic E-state index is 0.237. The Hall–Kier alpha value is -1.36. The molecule has 0 aromatic carbocycles. The molecular weight excluding hydrogens is 218 g/mol. The van der Waals surface area contributed by atoms with Crippen molar-refractivity contribution >= 4 is 23.4 Å². The lowest BCUT2D eigenvalue weighted by Gasteiger charge is -2.13. The summed E-state index contributed by atoms with van der Waals surface area (Å²) in [5.74, 6) is -0.526. The Morgan fingerprint density at radius 3 is 2.93 bits per heavy atom. The van der Waals surface area contributed by atoms with Crippen molar-refractivity contribution in [1.29, 1.82) is 0 Å². The van der Waals surface area contributed by atoms with Gasteiger partial charge in [0.05, 0.1) is 12.4 Å². The number of carbonyl (C=O) groups is 1. The number of hydrogen-bond donors (Lipinski definition) is 2. The summed E-state index contributed by atoms with van der Waals surface area (Å²) in [5.41, 5.74) is 0. The van der Waals surface area contributed by atoms with E-state index in [0.717, 1.165) is 6.42 Å². The maximum Gasteiger partial charge on any atom is 0.326 e. The molecule has 0 bridgehead atoms. The van der Waals surface area contributed by atoms with Crippen molar-refractivity contribution in [3.05, 3.63) is 17.5 Å². The van der Waals surface area contributed by atoms with Crippen LogP contribution in [0.3, 0.4) is 0 Å². The number of hydrogen-bond acceptors (Lipinski definition) is 4. The van der Waals surface area contributed by atoms with Crippen LogP contribution in [0.5, 0.6) is 0 Å². The highest BCUT2D eigenvalue weighted by molar-refractivity contribution is 6.29. The summed E-state index contributed by atoms with van der Waals surface area (Å²) in [6.45, 7) is 1.92. The van der Waals surface area contributed by atoms with Crippen LogP contribution in [0.2, 0.25) is 5.15 Å². The molecule has 0 aliphatic heterocycles. The van der Waals surface area contributed by atoms with Crippen LogP contribution in [0.15, 0.2) is 12.4 Å². The van der Waals surface area contributed by atoms with Gasteiger partial charge in [-0.15, -0.1) is 0 Å². The van der Waals surface area contributed by atoms with Gasteiger partial charge in [-0.1, -0.05) is 24.9 Å². The molecule has 0 aliphatic carbocycles. The fraction of sp³-hybridized carbons (Fsp3) is 0.444. The van der Waals surface area contributed by atoms with Crippen molar-refractivity contribution in [1.82, 2.24) is 9.97 Å². The number of aromatic nitrogens is 2. The van der Waals surface area contributed by atoms with Gasteiger partial charge in [0.1, 0.15) is 17.0 Å². The molecule has 15 heavy (non-hydrogen) atoms. The van der Waals surface area contributed by atoms with Gasteiger partial charge in [0.2, 0.25) is 0 Å². The van der Waals surface area contributed by atoms with Gasteiger partial charge in [-0.25, -0.2) is 9.78 Å². The first kappa shape index (κ1) is 11.7. The van der Waals surface area contributed by atoms with E-state index in [1.807, 2.05) is 6.92 Å². The summed E-state index contributed by atoms with van der Waals surface area (Å²) >= 11 is 5.62. The summed E-state index contributed by atoms with van der Waals surface area (Å²) in [5, 5.41) is 11.9. The van der Waals surface area contributed by atoms with Crippen molar-refractivity contribution in [3.8, 4) is 0 Å². The Kier molecular flexibility index (Phi) is 4.30. The van der Waals surface area contributed by atoms with Crippen molar-refractivity contribution in [2.45, 2.75) is 25.8 Å². The monoisotopic (exact) mass is 229 g/mol. The van der Waals surface area contributed by atoms with E-state index in [2.05, 4.69) is 15.3 Å². The highest BCUT2D eigenvalue weighted by atomic mass is 35.5. The summed E-state index contributed by atoms with van der Waals surface area (Å²) in [6, 6.07) is -0.650. The lowest BCUT2D eigenvalue weighted by Crippen LogP contribution is -2.29. The molecular formula is C9H12ClN3O2. The number of carboxylic acid groups (broad SMARTS) is 1. The molecule has 1 atom stereocenters. The minimum Gasteiger partial charge on any atom is -0.480 e. The lowest BCUT2D eigenvalue weighted by molar-refractivity contribution is -0.138. The van der Waals surface area contributed by atoms with E-state index in [9.17, 15) is 4.79 Å². The molecule has 0 aliphatic rings. The van der Waals surface area contributed by atoms with Gasteiger partial charge in [0, 0.05) is 0 Å². The smallest absolute Gasteiger partial charge is 0.326 e. The Balaban J connectivity index is 2.69. The Bertz CT molecular complexity index is 346. The SMILES string of the molecule is CCCC(Nc1cncc(Cl)n1)C(=O)O. The zero-order valence-electron chi connectivity index (χ0n) is 8.27. The second-order valence-electron chi connectivity index (χ2n) is 3.05. The van der Waals surface area contributed by atoms with Crippen molar-refractivity contribution in [3.63, 3.8) is 0 Å². The van der Waals surface area contributed by atoms with Crippen molar-refractivity contribution < 1.29 is 9.90 Å². The minimum atomic E-state index is -0.904. The molecule has 1 aromatic rings. The number of nitrogens with zero attached hydrogens (tertiary/aromatic N) is 2. The molecule has 1 rings (SSSR count). The first-order valence-corrected chi connectivity index (χ1v) is 4.98. The highest BCUT2D eigenvalue weighted by Crippen LogP contribution is 2.10. The van der Waals surface area contributed by atoms with Gasteiger partial charge in [-0.05, 0) is 6.42 Å². The fourth-order valence-electron chi connectivity index (χ4n) is 1.14. The van der Waals surface area contributed by atoms with Crippen LogP contribution in [-0.4, -0.2) is 27.1 Å². The van der Waals surface area contributed by atoms with Crippen LogP contribution in [0.25, 0.3) is 0 Å². The van der Waals surface area contributed by atoms with E-state index >= 15 is 0 Å². The number of aliphatic carboxylic acids is 1. The molecule has 0 saturated carbocycles. The third kappa shape index (κ3) is 3.71. The highest BCUT2D eigenvalue weighted by Gasteiger charge is 2.16. The third-order valence-corrected chi connectivity index (χ3v) is 1.98. The second-order valence-corrected chi connectivity index (χ2v) is 3.44. The normalized spacial score (nSPS) is 12.1. The van der Waals surface area contributed by atoms with Crippen LogP contribution in [0.4, 0.5) is 5.82 Å². The molecule has 0 saturated heterocycles. The molecule has 0 radical (unpaired) electrons. The Morgan fingerprint density at radius 1 is 1.67 bits per heavy atom. The van der Waals surface area contributed by atoms with Crippen LogP contribution in [0.1, 0.15) is 19.8 Å². The molecule has 1 aromatic heterocycles. The number of nitrogens with one attached hydrogen (secondary N) is 1. The van der Waals surface area contributed by atoms with E-state index in [1.54, 1.807) is 0 Å². The molecule has 0 spiro atoms. The Morgan fingerprint density at radius 2 is 2.40 bits per heavy atom. The average Bonchev–Trinajstić information content (AvgIpc) is 2.17. The predicted octanol–water partition coefficient (Wildman–Crippen LogP) is 1.80. The van der Waals surface area contributed by atoms with E-state index in [1.165, 1.54) is 12.4 Å². The maximum atomic E-state index is 10.8. The van der Waals surface area contributed by atoms with E-state index in [-0.39, 0.29) is 5.15 Å². The van der Waals surface area contributed by atoms with Crippen LogP contribution >= 0.6 is 11.6 Å². The van der Waals surface area contributed by atoms with Gasteiger partial charge in [0.15, 0.2) is 0 Å². The van der Waals surface area contributed by atoms with Crippen LogP contribution in [-0.2, 0) is 4.79 Å². The van der Waals surface area contributed by atoms with Gasteiger partial charge < -0.3 is 10.4 Å². The number of carboxylic acids is 1. The summed E-state index contributed by atoms with van der Waals surface area (Å²) in [7, 11) is 0. The summed E-state index contributed by atoms with van der Waals surface area (Å²) in [6.07, 6.45) is 4.14. The third-order valence-electron chi connectivity index (χ3n) is 1.80. The number of halogens is 1. The molecule has 0 fully saturated rings. The quantitative estimate of drug-likeness (QED) is 0.805. The molecule has 6 heteroatoms. The number of anilines is 1. The van der Waals surface area contributed by atoms with Crippen LogP contribution in [0, 0.1) is 0 Å². The zero-order valence-corrected chi connectivity index (χ0v) is 9.03. The average molecular weight is 230 g/mol. The van der Waals surface area contributed by atoms with Gasteiger partial charge in [-0.3, -0.25) is 4.98 Å². The summed E-state index contributed by atoms with van der Waals surface area (Å²) in [4.78, 5) is 18.5. The standard InChI is InChI=1S/C9H12ClN3O2/c1-2-3-6(9(14)15)12-8-5-11-4-7(10)13-8/h4-6H,2-3H2,1H3,(H,12,13)(H,14,15). The van der Waals surface area contributed by atoms with Gasteiger partial charge in [-0.2, -0.15) is 0 Å². The first-order chi connectivity index (χ1) is 7.13. The van der Waals surface area contributed by atoms with Crippen molar-refractivity contribution in [2.24, 2.45) is 0 Å². The molecule has 2 N–H and O–H groups in total. The predicted molar refractivity (Wildman–Crippen MR) is 57.0 cm³/mol. The van der Waals surface area contributed by atoms with E-state index in [0.29, 0.717) is 12.2 Å². The Labute approximate surface area is 92.5 Å². The molecule has 1 heterocycles. The van der Waals surface area contributed by atoms with E-state index < -0.39 is 12.0 Å². The van der Waals surface area contributed by atoms with E-state index in [4.69, 9.17) is 16.7 Å². The largest absolute Gasteiger partial charge is 0.480 e. The number of rotatable bonds is 5. The summed E-state index contributed by atoms with van der Waals surface area (Å²) < 4.78 is 0. The molecule has 1 unspecified atom stereocenters. The maximum absolute atomic E-state index is 10.8. The lowest BCUT2D eigenvalue weighted by atomic mass is 10.2.